The van der Waals surface area contributed by atoms with Gasteiger partial charge in [-0.05, 0) is 69.0 Å². The Hall–Kier alpha value is -0.340. The average molecular weight is 249 g/mol. The fourth-order valence-electron chi connectivity index (χ4n) is 2.84. The maximum absolute atomic E-state index is 3.71. The maximum Gasteiger partial charge on any atom is 0.0386 e. The second kappa shape index (κ2) is 4.74. The van der Waals surface area contributed by atoms with E-state index in [-0.39, 0.29) is 0 Å². The van der Waals surface area contributed by atoms with Crippen LogP contribution >= 0.6 is 11.3 Å². The summed E-state index contributed by atoms with van der Waals surface area (Å²) < 4.78 is 0. The molecule has 0 amide bonds. The molecule has 0 aromatic carbocycles. The van der Waals surface area contributed by atoms with Crippen LogP contribution in [0.15, 0.2) is 6.07 Å². The minimum Gasteiger partial charge on any atom is -0.309 e. The fraction of sp³-hybridized carbons (Fsp3) is 0.733. The van der Waals surface area contributed by atoms with Crippen molar-refractivity contribution >= 4 is 11.3 Å². The van der Waals surface area contributed by atoms with Gasteiger partial charge in [0.15, 0.2) is 0 Å². The van der Waals surface area contributed by atoms with Crippen molar-refractivity contribution in [1.82, 2.24) is 5.32 Å². The lowest BCUT2D eigenvalue weighted by atomic mass is 9.99. The Morgan fingerprint density at radius 1 is 1.41 bits per heavy atom. The van der Waals surface area contributed by atoms with E-state index in [1.807, 2.05) is 0 Å². The highest BCUT2D eigenvalue weighted by atomic mass is 32.1. The molecule has 3 atom stereocenters. The summed E-state index contributed by atoms with van der Waals surface area (Å²) in [6.07, 6.45) is 6.87. The molecular weight excluding hydrogens is 226 g/mol. The Balaban J connectivity index is 1.60. The number of aryl methyl sites for hydroxylation is 2. The van der Waals surface area contributed by atoms with Crippen molar-refractivity contribution in [2.24, 2.45) is 11.8 Å². The molecule has 0 saturated heterocycles. The van der Waals surface area contributed by atoms with E-state index in [1.165, 1.54) is 38.6 Å². The predicted molar refractivity (Wildman–Crippen MR) is 74.6 cm³/mol. The maximum atomic E-state index is 3.71. The zero-order valence-corrected chi connectivity index (χ0v) is 11.8. The van der Waals surface area contributed by atoms with Crippen LogP contribution in [0, 0.1) is 11.8 Å². The van der Waals surface area contributed by atoms with E-state index in [9.17, 15) is 0 Å². The molecule has 1 nitrogen and oxygen atoms in total. The first-order valence-corrected chi connectivity index (χ1v) is 7.90. The number of hydrogen-bond acceptors (Lipinski definition) is 2. The van der Waals surface area contributed by atoms with Crippen molar-refractivity contribution in [2.75, 3.05) is 6.54 Å². The Bertz CT molecular complexity index is 372. The van der Waals surface area contributed by atoms with Gasteiger partial charge >= 0.3 is 0 Å². The summed E-state index contributed by atoms with van der Waals surface area (Å²) in [5.41, 5.74) is 1.64. The number of nitrogens with one attached hydrogen (secondary N) is 1. The molecule has 1 N–H and O–H groups in total. The summed E-state index contributed by atoms with van der Waals surface area (Å²) in [6, 6.07) is 3.02. The van der Waals surface area contributed by atoms with Crippen molar-refractivity contribution in [3.63, 3.8) is 0 Å². The molecule has 1 heterocycles. The first kappa shape index (κ1) is 11.7. The first-order chi connectivity index (χ1) is 8.24. The average Bonchev–Trinajstić information content (AvgIpc) is 2.89. The molecule has 3 rings (SSSR count). The highest BCUT2D eigenvalue weighted by molar-refractivity contribution is 7.12. The smallest absolute Gasteiger partial charge is 0.0386 e. The summed E-state index contributed by atoms with van der Waals surface area (Å²) in [6.45, 7) is 5.90. The van der Waals surface area contributed by atoms with Crippen LogP contribution in [0.25, 0.3) is 0 Å². The van der Waals surface area contributed by atoms with Crippen molar-refractivity contribution < 1.29 is 0 Å². The minimum atomic E-state index is 0.554. The van der Waals surface area contributed by atoms with Gasteiger partial charge in [-0.2, -0.15) is 0 Å². The van der Waals surface area contributed by atoms with Gasteiger partial charge in [-0.15, -0.1) is 11.3 Å². The molecule has 1 saturated carbocycles. The van der Waals surface area contributed by atoms with Gasteiger partial charge in [-0.25, -0.2) is 0 Å². The lowest BCUT2D eigenvalue weighted by Gasteiger charge is -2.11. The molecule has 1 aromatic rings. The van der Waals surface area contributed by atoms with Gasteiger partial charge in [-0.1, -0.05) is 6.92 Å². The number of fused-ring (bicyclic) bond motifs is 1. The lowest BCUT2D eigenvalue weighted by Crippen LogP contribution is -2.20. The highest BCUT2D eigenvalue weighted by Gasteiger charge is 2.32. The Morgan fingerprint density at radius 2 is 2.18 bits per heavy atom. The molecule has 2 heteroatoms. The normalized spacial score (nSPS) is 28.8. The summed E-state index contributed by atoms with van der Waals surface area (Å²) in [5.74, 6) is 1.92. The second-order valence-corrected chi connectivity index (χ2v) is 7.08. The van der Waals surface area contributed by atoms with Crippen molar-refractivity contribution in [3.05, 3.63) is 21.4 Å². The third kappa shape index (κ3) is 2.58. The number of thiophene rings is 1. The number of hydrogen-bond donors (Lipinski definition) is 1. The van der Waals surface area contributed by atoms with Gasteiger partial charge in [0.05, 0.1) is 0 Å². The van der Waals surface area contributed by atoms with E-state index >= 15 is 0 Å². The zero-order valence-electron chi connectivity index (χ0n) is 11.0. The van der Waals surface area contributed by atoms with E-state index in [2.05, 4.69) is 36.6 Å². The molecular formula is C15H23NS. The van der Waals surface area contributed by atoms with E-state index in [4.69, 9.17) is 0 Å². The lowest BCUT2D eigenvalue weighted by molar-refractivity contribution is 0.540. The van der Waals surface area contributed by atoms with Crippen LogP contribution in [-0.2, 0) is 12.8 Å². The van der Waals surface area contributed by atoms with Crippen molar-refractivity contribution in [1.29, 1.82) is 0 Å². The molecule has 1 fully saturated rings. The molecule has 2 aliphatic carbocycles. The molecule has 0 bridgehead atoms. The summed E-state index contributed by atoms with van der Waals surface area (Å²) in [5, 5.41) is 3.71. The number of rotatable bonds is 4. The Labute approximate surface area is 109 Å². The summed E-state index contributed by atoms with van der Waals surface area (Å²) in [4.78, 5) is 3.23. The van der Waals surface area contributed by atoms with Gasteiger partial charge < -0.3 is 5.32 Å². The Kier molecular flexibility index (Phi) is 3.27. The van der Waals surface area contributed by atoms with Crippen molar-refractivity contribution in [2.45, 2.75) is 52.0 Å². The van der Waals surface area contributed by atoms with Crippen LogP contribution in [0.3, 0.4) is 0 Å². The highest BCUT2D eigenvalue weighted by Crippen LogP contribution is 2.38. The van der Waals surface area contributed by atoms with Gasteiger partial charge in [0.1, 0.15) is 0 Å². The molecule has 2 aliphatic rings. The van der Waals surface area contributed by atoms with Crippen LogP contribution in [0.5, 0.6) is 0 Å². The molecule has 0 spiro atoms. The van der Waals surface area contributed by atoms with E-state index in [0.717, 1.165) is 11.8 Å². The molecule has 0 radical (unpaired) electrons. The van der Waals surface area contributed by atoms with Crippen LogP contribution in [0.2, 0.25) is 0 Å². The SMILES string of the molecule is CC(NCC1CC1C)c1cc2c(s1)CCCC2. The van der Waals surface area contributed by atoms with Crippen LogP contribution in [0.4, 0.5) is 0 Å². The molecule has 0 aliphatic heterocycles. The molecule has 94 valence electrons. The van der Waals surface area contributed by atoms with E-state index in [0.29, 0.717) is 6.04 Å². The van der Waals surface area contributed by atoms with Crippen LogP contribution < -0.4 is 5.32 Å². The van der Waals surface area contributed by atoms with E-state index < -0.39 is 0 Å². The third-order valence-corrected chi connectivity index (χ3v) is 5.82. The molecule has 17 heavy (non-hydrogen) atoms. The standard InChI is InChI=1S/C15H23NS/c1-10-7-13(10)9-16-11(2)15-8-12-5-3-4-6-14(12)17-15/h8,10-11,13,16H,3-7,9H2,1-2H3. The topological polar surface area (TPSA) is 12.0 Å². The molecule has 3 unspecified atom stereocenters. The zero-order chi connectivity index (χ0) is 11.8. The van der Waals surface area contributed by atoms with Crippen LogP contribution in [0.1, 0.15) is 54.5 Å². The third-order valence-electron chi connectivity index (χ3n) is 4.40. The molecule has 1 aromatic heterocycles. The summed E-state index contributed by atoms with van der Waals surface area (Å²) in [7, 11) is 0. The van der Waals surface area contributed by atoms with Gasteiger partial charge in [0.2, 0.25) is 0 Å². The van der Waals surface area contributed by atoms with Gasteiger partial charge in [0, 0.05) is 15.8 Å². The van der Waals surface area contributed by atoms with Gasteiger partial charge in [0.25, 0.3) is 0 Å². The van der Waals surface area contributed by atoms with Crippen molar-refractivity contribution in [3.8, 4) is 0 Å². The quantitative estimate of drug-likeness (QED) is 0.852. The van der Waals surface area contributed by atoms with Crippen LogP contribution in [-0.4, -0.2) is 6.54 Å². The summed E-state index contributed by atoms with van der Waals surface area (Å²) >= 11 is 2.05. The minimum absolute atomic E-state index is 0.554. The largest absolute Gasteiger partial charge is 0.309 e. The fourth-order valence-corrected chi connectivity index (χ4v) is 4.12. The first-order valence-electron chi connectivity index (χ1n) is 7.09. The second-order valence-electron chi connectivity index (χ2n) is 5.91. The monoisotopic (exact) mass is 249 g/mol. The predicted octanol–water partition coefficient (Wildman–Crippen LogP) is 3.93. The van der Waals surface area contributed by atoms with Gasteiger partial charge in [-0.3, -0.25) is 0 Å². The van der Waals surface area contributed by atoms with E-state index in [1.54, 1.807) is 15.3 Å². The Morgan fingerprint density at radius 3 is 2.88 bits per heavy atom.